The molecule has 0 bridgehead atoms. The monoisotopic (exact) mass is 595 g/mol. The van der Waals surface area contributed by atoms with Gasteiger partial charge in [0.25, 0.3) is 11.5 Å². The highest BCUT2D eigenvalue weighted by Crippen LogP contribution is 2.33. The molecule has 2 aromatic carbocycles. The molecule has 1 saturated carbocycles. The summed E-state index contributed by atoms with van der Waals surface area (Å²) in [5.41, 5.74) is 1.40. The molecule has 2 amide bonds. The van der Waals surface area contributed by atoms with Crippen LogP contribution in [0.25, 0.3) is 11.2 Å². The minimum atomic E-state index is -0.565. The van der Waals surface area contributed by atoms with E-state index in [9.17, 15) is 23.6 Å². The topological polar surface area (TPSA) is 146 Å². The molecule has 0 spiro atoms. The maximum absolute atomic E-state index is 14.8. The lowest BCUT2D eigenvalue weighted by molar-refractivity contribution is -0.114. The molecule has 1 fully saturated rings. The summed E-state index contributed by atoms with van der Waals surface area (Å²) in [7, 11) is 1.61. The van der Waals surface area contributed by atoms with E-state index in [-0.39, 0.29) is 46.6 Å². The summed E-state index contributed by atoms with van der Waals surface area (Å²) in [5, 5.41) is 2.58. The van der Waals surface area contributed by atoms with Gasteiger partial charge in [-0.2, -0.15) is 0 Å². The lowest BCUT2D eigenvalue weighted by atomic mass is 9.91. The highest BCUT2D eigenvalue weighted by atomic mass is 19.1. The van der Waals surface area contributed by atoms with Gasteiger partial charge in [-0.3, -0.25) is 23.9 Å². The van der Waals surface area contributed by atoms with Crippen molar-refractivity contribution in [1.82, 2.24) is 24.5 Å². The molecule has 44 heavy (non-hydrogen) atoms. The number of aromatic nitrogens is 5. The van der Waals surface area contributed by atoms with E-state index in [1.807, 2.05) is 12.1 Å². The number of imidazole rings is 1. The maximum Gasteiger partial charge on any atom is 0.330 e. The first-order valence-electron chi connectivity index (χ1n) is 14.3. The van der Waals surface area contributed by atoms with Crippen molar-refractivity contribution < 1.29 is 14.0 Å². The zero-order valence-corrected chi connectivity index (χ0v) is 24.1. The molecule has 12 heteroatoms. The quantitative estimate of drug-likeness (QED) is 0.235. The second-order valence-electron chi connectivity index (χ2n) is 11.0. The van der Waals surface area contributed by atoms with Crippen LogP contribution < -0.4 is 21.5 Å². The van der Waals surface area contributed by atoms with Gasteiger partial charge in [0.05, 0.1) is 5.56 Å². The number of hydrogen-bond acceptors (Lipinski definition) is 6. The average Bonchev–Trinajstić information content (AvgIpc) is 3.73. The molecule has 11 nitrogen and oxygen atoms in total. The highest BCUT2D eigenvalue weighted by molar-refractivity contribution is 6.10. The lowest BCUT2D eigenvalue weighted by Gasteiger charge is -2.21. The molecule has 3 heterocycles. The normalized spacial score (nSPS) is 13.5. The van der Waals surface area contributed by atoms with Crippen LogP contribution in [0.4, 0.5) is 15.9 Å². The van der Waals surface area contributed by atoms with Crippen LogP contribution in [0.5, 0.6) is 0 Å². The molecule has 1 aliphatic carbocycles. The number of benzene rings is 2. The summed E-state index contributed by atoms with van der Waals surface area (Å²) in [6.07, 6.45) is 3.74. The van der Waals surface area contributed by atoms with Crippen molar-refractivity contribution in [3.63, 3.8) is 0 Å². The van der Waals surface area contributed by atoms with Gasteiger partial charge in [0.2, 0.25) is 5.91 Å². The van der Waals surface area contributed by atoms with Gasteiger partial charge >= 0.3 is 5.69 Å². The molecule has 1 atom stereocenters. The molecule has 1 aliphatic rings. The SMILES string of the molecule is CC(=O)Nc1ncccc1C(=O)N(C)c1ccc(C(Cc2ccccc2F)c2nc3c([nH]2)c(=O)[nH]c(=O)n3CC2CC2)cc1. The number of rotatable bonds is 9. The first-order chi connectivity index (χ1) is 21.2. The molecule has 6 rings (SSSR count). The first kappa shape index (κ1) is 28.7. The van der Waals surface area contributed by atoms with Crippen LogP contribution in [-0.4, -0.2) is 43.4 Å². The van der Waals surface area contributed by atoms with Crippen LogP contribution in [0, 0.1) is 11.7 Å². The van der Waals surface area contributed by atoms with Crippen LogP contribution >= 0.6 is 0 Å². The molecular weight excluding hydrogens is 565 g/mol. The Bertz CT molecular complexity index is 1990. The highest BCUT2D eigenvalue weighted by Gasteiger charge is 2.27. The molecule has 3 N–H and O–H groups in total. The second kappa shape index (κ2) is 11.7. The Balaban J connectivity index is 1.37. The number of fused-ring (bicyclic) bond motifs is 1. The fourth-order valence-corrected chi connectivity index (χ4v) is 5.28. The number of pyridine rings is 1. The summed E-state index contributed by atoms with van der Waals surface area (Å²) in [5.74, 6) is -0.655. The maximum atomic E-state index is 14.8. The third-order valence-corrected chi connectivity index (χ3v) is 7.82. The molecule has 5 aromatic rings. The third kappa shape index (κ3) is 5.78. The van der Waals surface area contributed by atoms with E-state index in [0.29, 0.717) is 29.5 Å². The summed E-state index contributed by atoms with van der Waals surface area (Å²) < 4.78 is 16.3. The Hall–Kier alpha value is -5.39. The van der Waals surface area contributed by atoms with Gasteiger partial charge in [0, 0.05) is 38.3 Å². The van der Waals surface area contributed by atoms with Crippen LogP contribution in [0.2, 0.25) is 0 Å². The average molecular weight is 596 g/mol. The summed E-state index contributed by atoms with van der Waals surface area (Å²) in [4.78, 5) is 66.2. The number of anilines is 2. The van der Waals surface area contributed by atoms with Gasteiger partial charge in [-0.05, 0) is 66.6 Å². The number of H-pyrrole nitrogens is 2. The second-order valence-corrected chi connectivity index (χ2v) is 11.0. The van der Waals surface area contributed by atoms with Gasteiger partial charge in [-0.1, -0.05) is 30.3 Å². The van der Waals surface area contributed by atoms with Crippen molar-refractivity contribution in [3.8, 4) is 0 Å². The van der Waals surface area contributed by atoms with E-state index in [4.69, 9.17) is 4.98 Å². The fraction of sp³-hybridized carbons (Fsp3) is 0.250. The molecule has 1 unspecified atom stereocenters. The van der Waals surface area contributed by atoms with Crippen LogP contribution in [0.3, 0.4) is 0 Å². The predicted octanol–water partition coefficient (Wildman–Crippen LogP) is 3.97. The van der Waals surface area contributed by atoms with E-state index < -0.39 is 17.2 Å². The Kier molecular flexibility index (Phi) is 7.64. The van der Waals surface area contributed by atoms with E-state index in [0.717, 1.165) is 18.4 Å². The molecule has 224 valence electrons. The zero-order chi connectivity index (χ0) is 31.0. The largest absolute Gasteiger partial charge is 0.336 e. The third-order valence-electron chi connectivity index (χ3n) is 7.82. The van der Waals surface area contributed by atoms with Crippen LogP contribution in [-0.2, 0) is 17.8 Å². The minimum absolute atomic E-state index is 0.165. The van der Waals surface area contributed by atoms with Gasteiger partial charge in [-0.25, -0.2) is 19.2 Å². The number of hydrogen-bond donors (Lipinski definition) is 3. The molecule has 0 aliphatic heterocycles. The van der Waals surface area contributed by atoms with Gasteiger partial charge < -0.3 is 15.2 Å². The summed E-state index contributed by atoms with van der Waals surface area (Å²) in [6, 6.07) is 16.8. The standard InChI is InChI=1S/C32H30FN7O4/c1-18(41)35-27-23(7-5-15-34-27)31(43)39(2)22-13-11-20(12-14-22)24(16-21-6-3-4-8-25(21)33)28-36-26-29(37-28)40(17-19-9-10-19)32(44)38-30(26)42/h3-8,11-15,19,24H,9-10,16-17H2,1-2H3,(H,36,37)(H,34,35,41)(H,38,42,44). The Labute approximate surface area is 250 Å². The molecular formula is C32H30FN7O4. The Morgan fingerprint density at radius 1 is 1.07 bits per heavy atom. The van der Waals surface area contributed by atoms with E-state index >= 15 is 0 Å². The van der Waals surface area contributed by atoms with Crippen molar-refractivity contribution in [1.29, 1.82) is 0 Å². The number of nitrogens with one attached hydrogen (secondary N) is 3. The molecule has 0 saturated heterocycles. The molecule has 0 radical (unpaired) electrons. The number of carbonyl (C=O) groups excluding carboxylic acids is 2. The number of carbonyl (C=O) groups is 2. The fourth-order valence-electron chi connectivity index (χ4n) is 5.28. The number of nitrogens with zero attached hydrogens (tertiary/aromatic N) is 4. The van der Waals surface area contributed by atoms with E-state index in [1.54, 1.807) is 49.5 Å². The number of halogens is 1. The van der Waals surface area contributed by atoms with Crippen molar-refractivity contribution in [2.24, 2.45) is 5.92 Å². The first-order valence-corrected chi connectivity index (χ1v) is 14.3. The minimum Gasteiger partial charge on any atom is -0.336 e. The molecule has 3 aromatic heterocycles. The van der Waals surface area contributed by atoms with Crippen molar-refractivity contribution in [2.75, 3.05) is 17.3 Å². The Morgan fingerprint density at radius 3 is 2.52 bits per heavy atom. The number of amides is 2. The number of aromatic amines is 2. The van der Waals surface area contributed by atoms with Crippen LogP contribution in [0.15, 0.2) is 76.4 Å². The van der Waals surface area contributed by atoms with Crippen LogP contribution in [0.1, 0.15) is 53.0 Å². The van der Waals surface area contributed by atoms with Gasteiger partial charge in [0.1, 0.15) is 23.0 Å². The summed E-state index contributed by atoms with van der Waals surface area (Å²) in [6.45, 7) is 1.80. The van der Waals surface area contributed by atoms with Crippen molar-refractivity contribution in [3.05, 3.63) is 116 Å². The Morgan fingerprint density at radius 2 is 1.82 bits per heavy atom. The van der Waals surface area contributed by atoms with Crippen molar-refractivity contribution >= 4 is 34.5 Å². The van der Waals surface area contributed by atoms with Gasteiger partial charge in [0.15, 0.2) is 5.65 Å². The van der Waals surface area contributed by atoms with Gasteiger partial charge in [-0.15, -0.1) is 0 Å². The summed E-state index contributed by atoms with van der Waals surface area (Å²) >= 11 is 0. The van der Waals surface area contributed by atoms with E-state index in [1.165, 1.54) is 28.7 Å². The lowest BCUT2D eigenvalue weighted by Crippen LogP contribution is -2.30. The van der Waals surface area contributed by atoms with E-state index in [2.05, 4.69) is 20.3 Å². The van der Waals surface area contributed by atoms with Crippen molar-refractivity contribution in [2.45, 2.75) is 38.6 Å². The smallest absolute Gasteiger partial charge is 0.330 e. The zero-order valence-electron chi connectivity index (χ0n) is 24.1. The predicted molar refractivity (Wildman–Crippen MR) is 163 cm³/mol.